The van der Waals surface area contributed by atoms with Gasteiger partial charge in [0.1, 0.15) is 10.7 Å². The Labute approximate surface area is 123 Å². The van der Waals surface area contributed by atoms with E-state index in [0.717, 1.165) is 22.9 Å². The van der Waals surface area contributed by atoms with Gasteiger partial charge in [0.2, 0.25) is 10.0 Å². The number of nitrogens with zero attached hydrogens (tertiary/aromatic N) is 1. The predicted molar refractivity (Wildman–Crippen MR) is 75.2 cm³/mol. The van der Waals surface area contributed by atoms with Gasteiger partial charge < -0.3 is 0 Å². The van der Waals surface area contributed by atoms with Crippen molar-refractivity contribution in [2.45, 2.75) is 43.5 Å². The molecule has 0 bridgehead atoms. The molecule has 0 amide bonds. The maximum atomic E-state index is 14.1. The molecule has 0 aliphatic carbocycles. The fourth-order valence-electron chi connectivity index (χ4n) is 1.89. The van der Waals surface area contributed by atoms with Gasteiger partial charge in [-0.25, -0.2) is 17.2 Å². The molecule has 114 valence electrons. The fraction of sp³-hybridized carbons (Fsp3) is 0.538. The van der Waals surface area contributed by atoms with Gasteiger partial charge in [0.05, 0.1) is 5.88 Å². The molecule has 3 nitrogen and oxygen atoms in total. The number of hydrogen-bond donors (Lipinski definition) is 0. The first kappa shape index (κ1) is 17.3. The summed E-state index contributed by atoms with van der Waals surface area (Å²) in [7, 11) is -2.62. The van der Waals surface area contributed by atoms with Gasteiger partial charge in [0.25, 0.3) is 0 Å². The van der Waals surface area contributed by atoms with E-state index >= 15 is 0 Å². The second kappa shape index (κ2) is 6.83. The summed E-state index contributed by atoms with van der Waals surface area (Å²) in [5, 5.41) is 0. The molecule has 0 saturated carbocycles. The van der Waals surface area contributed by atoms with Gasteiger partial charge in [0.15, 0.2) is 5.82 Å². The van der Waals surface area contributed by atoms with Crippen LogP contribution in [0.4, 0.5) is 8.78 Å². The van der Waals surface area contributed by atoms with E-state index < -0.39 is 38.0 Å². The molecule has 1 atom stereocenters. The Bertz CT molecular complexity index is 578. The maximum Gasteiger partial charge on any atom is 0.245 e. The van der Waals surface area contributed by atoms with E-state index in [1.165, 1.54) is 7.05 Å². The second-order valence-corrected chi connectivity index (χ2v) is 6.86. The van der Waals surface area contributed by atoms with Crippen LogP contribution in [0.2, 0.25) is 0 Å². The lowest BCUT2D eigenvalue weighted by Gasteiger charge is -2.24. The molecule has 0 heterocycles. The molecule has 0 N–H and O–H groups in total. The van der Waals surface area contributed by atoms with Crippen LogP contribution in [-0.4, -0.2) is 25.8 Å². The third-order valence-corrected chi connectivity index (χ3v) is 5.52. The molecule has 20 heavy (non-hydrogen) atoms. The number of rotatable bonds is 6. The molecule has 0 aliphatic rings. The minimum absolute atomic E-state index is 0.270. The molecule has 0 radical (unpaired) electrons. The van der Waals surface area contributed by atoms with E-state index in [1.54, 1.807) is 6.92 Å². The SMILES string of the molecule is CCCC(C)N(C)S(=O)(=O)c1ccc(F)c(CCl)c1F. The highest BCUT2D eigenvalue weighted by molar-refractivity contribution is 7.89. The van der Waals surface area contributed by atoms with Gasteiger partial charge >= 0.3 is 0 Å². The smallest absolute Gasteiger partial charge is 0.207 e. The van der Waals surface area contributed by atoms with Gasteiger partial charge in [0, 0.05) is 18.7 Å². The van der Waals surface area contributed by atoms with Crippen LogP contribution in [0.5, 0.6) is 0 Å². The van der Waals surface area contributed by atoms with E-state index in [-0.39, 0.29) is 6.04 Å². The van der Waals surface area contributed by atoms with Crippen LogP contribution >= 0.6 is 11.6 Å². The van der Waals surface area contributed by atoms with Crippen molar-refractivity contribution < 1.29 is 17.2 Å². The van der Waals surface area contributed by atoms with Crippen LogP contribution in [0.15, 0.2) is 17.0 Å². The van der Waals surface area contributed by atoms with E-state index in [2.05, 4.69) is 0 Å². The molecular weight excluding hydrogens is 308 g/mol. The van der Waals surface area contributed by atoms with Crippen LogP contribution in [0.1, 0.15) is 32.3 Å². The van der Waals surface area contributed by atoms with E-state index in [1.807, 2.05) is 6.92 Å². The molecule has 0 aliphatic heterocycles. The van der Waals surface area contributed by atoms with Crippen LogP contribution in [0.3, 0.4) is 0 Å². The van der Waals surface area contributed by atoms with Crippen molar-refractivity contribution in [1.82, 2.24) is 4.31 Å². The molecule has 1 aromatic rings. The standard InChI is InChI=1S/C13H18ClF2NO2S/c1-4-5-9(2)17(3)20(18,19)12-7-6-11(15)10(8-14)13(12)16/h6-7,9H,4-5,8H2,1-3H3. The zero-order chi connectivity index (χ0) is 15.5. The Morgan fingerprint density at radius 3 is 2.45 bits per heavy atom. The zero-order valence-electron chi connectivity index (χ0n) is 11.7. The maximum absolute atomic E-state index is 14.1. The molecule has 7 heteroatoms. The molecule has 1 unspecified atom stereocenters. The minimum atomic E-state index is -4.01. The molecule has 1 aromatic carbocycles. The van der Waals surface area contributed by atoms with E-state index in [4.69, 9.17) is 11.6 Å². The van der Waals surface area contributed by atoms with Crippen LogP contribution in [0.25, 0.3) is 0 Å². The summed E-state index contributed by atoms with van der Waals surface area (Å²) < 4.78 is 53.3. The first-order valence-electron chi connectivity index (χ1n) is 6.28. The number of halogens is 3. The molecule has 0 saturated heterocycles. The Morgan fingerprint density at radius 2 is 1.95 bits per heavy atom. The fourth-order valence-corrected chi connectivity index (χ4v) is 3.61. The van der Waals surface area contributed by atoms with Crippen molar-refractivity contribution >= 4 is 21.6 Å². The average Bonchev–Trinajstić information content (AvgIpc) is 2.38. The normalized spacial score (nSPS) is 13.8. The Morgan fingerprint density at radius 1 is 1.35 bits per heavy atom. The van der Waals surface area contributed by atoms with Crippen LogP contribution in [-0.2, 0) is 15.9 Å². The monoisotopic (exact) mass is 325 g/mol. The molecular formula is C13H18ClF2NO2S. The van der Waals surface area contributed by atoms with Gasteiger partial charge in [-0.3, -0.25) is 0 Å². The highest BCUT2D eigenvalue weighted by Crippen LogP contribution is 2.26. The predicted octanol–water partition coefficient (Wildman–Crippen LogP) is 3.51. The molecule has 1 rings (SSSR count). The van der Waals surface area contributed by atoms with E-state index in [0.29, 0.717) is 6.42 Å². The Hall–Kier alpha value is -0.720. The Kier molecular flexibility index (Phi) is 5.91. The first-order valence-corrected chi connectivity index (χ1v) is 8.25. The molecule has 0 fully saturated rings. The summed E-state index contributed by atoms with van der Waals surface area (Å²) in [4.78, 5) is -0.542. The number of sulfonamides is 1. The number of benzene rings is 1. The highest BCUT2D eigenvalue weighted by Gasteiger charge is 2.29. The largest absolute Gasteiger partial charge is 0.245 e. The minimum Gasteiger partial charge on any atom is -0.207 e. The number of alkyl halides is 1. The van der Waals surface area contributed by atoms with Crippen molar-refractivity contribution in [3.05, 3.63) is 29.3 Å². The first-order chi connectivity index (χ1) is 9.27. The Balaban J connectivity index is 3.29. The lowest BCUT2D eigenvalue weighted by molar-refractivity contribution is 0.366. The summed E-state index contributed by atoms with van der Waals surface area (Å²) >= 11 is 5.46. The molecule has 0 spiro atoms. The molecule has 0 aromatic heterocycles. The van der Waals surface area contributed by atoms with Crippen LogP contribution in [0, 0.1) is 11.6 Å². The van der Waals surface area contributed by atoms with Crippen molar-refractivity contribution in [3.63, 3.8) is 0 Å². The summed E-state index contributed by atoms with van der Waals surface area (Å²) in [5.41, 5.74) is -0.427. The van der Waals surface area contributed by atoms with Gasteiger partial charge in [-0.15, -0.1) is 11.6 Å². The van der Waals surface area contributed by atoms with Gasteiger partial charge in [-0.2, -0.15) is 4.31 Å². The highest BCUT2D eigenvalue weighted by atomic mass is 35.5. The zero-order valence-corrected chi connectivity index (χ0v) is 13.2. The van der Waals surface area contributed by atoms with Crippen molar-refractivity contribution in [2.24, 2.45) is 0 Å². The summed E-state index contributed by atoms with van der Waals surface area (Å²) in [6.07, 6.45) is 1.46. The summed E-state index contributed by atoms with van der Waals surface area (Å²) in [5.74, 6) is -2.38. The van der Waals surface area contributed by atoms with Crippen LogP contribution < -0.4 is 0 Å². The topological polar surface area (TPSA) is 37.4 Å². The summed E-state index contributed by atoms with van der Waals surface area (Å²) in [6, 6.07) is 1.59. The second-order valence-electron chi connectivity index (χ2n) is 4.63. The van der Waals surface area contributed by atoms with Gasteiger partial charge in [-0.05, 0) is 25.5 Å². The average molecular weight is 326 g/mol. The third-order valence-electron chi connectivity index (χ3n) is 3.27. The van der Waals surface area contributed by atoms with Crippen molar-refractivity contribution in [2.75, 3.05) is 7.05 Å². The summed E-state index contributed by atoms with van der Waals surface area (Å²) in [6.45, 7) is 3.67. The number of hydrogen-bond acceptors (Lipinski definition) is 2. The third kappa shape index (κ3) is 3.30. The van der Waals surface area contributed by atoms with Gasteiger partial charge in [-0.1, -0.05) is 13.3 Å². The van der Waals surface area contributed by atoms with Crippen molar-refractivity contribution in [3.8, 4) is 0 Å². The lowest BCUT2D eigenvalue weighted by Crippen LogP contribution is -2.35. The van der Waals surface area contributed by atoms with Crippen molar-refractivity contribution in [1.29, 1.82) is 0 Å². The quantitative estimate of drug-likeness (QED) is 0.751. The van der Waals surface area contributed by atoms with E-state index in [9.17, 15) is 17.2 Å². The lowest BCUT2D eigenvalue weighted by atomic mass is 10.2.